The highest BCUT2D eigenvalue weighted by Gasteiger charge is 2.34. The molecule has 1 aliphatic rings. The van der Waals surface area contributed by atoms with E-state index in [0.717, 1.165) is 12.8 Å². The number of benzene rings is 2. The Balaban J connectivity index is 1.60. The Kier molecular flexibility index (Phi) is 6.35. The van der Waals surface area contributed by atoms with Crippen molar-refractivity contribution in [1.82, 2.24) is 4.31 Å². The van der Waals surface area contributed by atoms with Gasteiger partial charge >= 0.3 is 11.8 Å². The molecular weight excluding hydrogens is 459 g/mol. The fourth-order valence-corrected chi connectivity index (χ4v) is 5.86. The maximum atomic E-state index is 13.4. The lowest BCUT2D eigenvalue weighted by atomic mass is 10.0. The van der Waals surface area contributed by atoms with Crippen LogP contribution in [0.25, 0.3) is 11.0 Å². The number of hydrogen-bond acceptors (Lipinski definition) is 5. The smallest absolute Gasteiger partial charge is 0.417 e. The number of aliphatic hydroxyl groups excluding tert-OH is 1. The minimum absolute atomic E-state index is 0.103. The molecule has 0 radical (unpaired) electrons. The van der Waals surface area contributed by atoms with Gasteiger partial charge in [-0.15, -0.1) is 0 Å². The zero-order chi connectivity index (χ0) is 23.8. The van der Waals surface area contributed by atoms with Crippen LogP contribution in [0.3, 0.4) is 0 Å². The molecule has 0 saturated carbocycles. The second-order valence-corrected chi connectivity index (χ2v) is 9.97. The molecule has 176 valence electrons. The third-order valence-electron chi connectivity index (χ3n) is 5.83. The lowest BCUT2D eigenvalue weighted by Crippen LogP contribution is -2.45. The number of piperidine rings is 1. The van der Waals surface area contributed by atoms with Gasteiger partial charge in [-0.1, -0.05) is 24.6 Å². The second kappa shape index (κ2) is 8.92. The Morgan fingerprint density at radius 3 is 2.39 bits per heavy atom. The molecule has 1 saturated heterocycles. The van der Waals surface area contributed by atoms with Gasteiger partial charge in [-0.2, -0.15) is 17.5 Å². The van der Waals surface area contributed by atoms with Crippen molar-refractivity contribution in [3.05, 3.63) is 75.6 Å². The zero-order valence-electron chi connectivity index (χ0n) is 17.5. The topological polar surface area (TPSA) is 87.8 Å². The van der Waals surface area contributed by atoms with Crippen LogP contribution in [0.1, 0.15) is 36.0 Å². The van der Waals surface area contributed by atoms with Gasteiger partial charge < -0.3 is 9.52 Å². The van der Waals surface area contributed by atoms with Gasteiger partial charge in [0.25, 0.3) is 0 Å². The maximum absolute atomic E-state index is 13.4. The summed E-state index contributed by atoms with van der Waals surface area (Å²) in [6.07, 6.45) is -2.24. The van der Waals surface area contributed by atoms with Crippen molar-refractivity contribution in [3.8, 4) is 0 Å². The van der Waals surface area contributed by atoms with Crippen LogP contribution in [-0.2, 0) is 22.6 Å². The van der Waals surface area contributed by atoms with Crippen molar-refractivity contribution in [2.45, 2.75) is 42.8 Å². The summed E-state index contributed by atoms with van der Waals surface area (Å²) in [5.74, 6) is 0. The summed E-state index contributed by atoms with van der Waals surface area (Å²) in [5.41, 5.74) is -1.03. The summed E-state index contributed by atoms with van der Waals surface area (Å²) < 4.78 is 72.3. The van der Waals surface area contributed by atoms with Gasteiger partial charge in [0.1, 0.15) is 5.58 Å². The van der Waals surface area contributed by atoms with Crippen LogP contribution < -0.4 is 5.63 Å². The third kappa shape index (κ3) is 4.83. The molecule has 1 aliphatic heterocycles. The van der Waals surface area contributed by atoms with E-state index in [2.05, 4.69) is 0 Å². The quantitative estimate of drug-likeness (QED) is 0.558. The molecule has 4 rings (SSSR count). The van der Waals surface area contributed by atoms with Crippen LogP contribution in [0.2, 0.25) is 0 Å². The highest BCUT2D eigenvalue weighted by atomic mass is 32.2. The summed E-state index contributed by atoms with van der Waals surface area (Å²) in [6, 6.07) is 10.4. The molecule has 0 amide bonds. The molecule has 6 nitrogen and oxygen atoms in total. The SMILES string of the molecule is O=c1cc(C(F)(F)F)c2cc(Cc3ccc(S(=O)(=O)N4CCCCC4CO)cc3)ccc2o1. The predicted molar refractivity (Wildman–Crippen MR) is 115 cm³/mol. The number of alkyl halides is 3. The number of fused-ring (bicyclic) bond motifs is 1. The first-order chi connectivity index (χ1) is 15.6. The summed E-state index contributed by atoms with van der Waals surface area (Å²) in [4.78, 5) is 11.6. The van der Waals surface area contributed by atoms with Crippen LogP contribution in [0.15, 0.2) is 62.6 Å². The number of hydrogen-bond donors (Lipinski definition) is 1. The first-order valence-corrected chi connectivity index (χ1v) is 11.9. The third-order valence-corrected chi connectivity index (χ3v) is 7.80. The van der Waals surface area contributed by atoms with Gasteiger partial charge in [0.15, 0.2) is 0 Å². The summed E-state index contributed by atoms with van der Waals surface area (Å²) in [7, 11) is -3.76. The van der Waals surface area contributed by atoms with E-state index in [1.165, 1.54) is 28.6 Å². The van der Waals surface area contributed by atoms with Crippen LogP contribution in [0.5, 0.6) is 0 Å². The molecule has 1 aromatic heterocycles. The molecule has 0 spiro atoms. The van der Waals surface area contributed by atoms with E-state index >= 15 is 0 Å². The average Bonchev–Trinajstić information content (AvgIpc) is 2.78. The van der Waals surface area contributed by atoms with Crippen molar-refractivity contribution in [1.29, 1.82) is 0 Å². The molecule has 2 aromatic carbocycles. The molecule has 0 aliphatic carbocycles. The molecule has 1 fully saturated rings. The molecule has 3 aromatic rings. The van der Waals surface area contributed by atoms with E-state index in [0.29, 0.717) is 30.2 Å². The Bertz CT molecular complexity index is 1320. The van der Waals surface area contributed by atoms with Gasteiger partial charge in [-0.05, 0) is 54.7 Å². The summed E-state index contributed by atoms with van der Waals surface area (Å²) in [5, 5.41) is 9.33. The summed E-state index contributed by atoms with van der Waals surface area (Å²) in [6.45, 7) is 0.114. The number of sulfonamides is 1. The number of aliphatic hydroxyl groups is 1. The Hall–Kier alpha value is -2.69. The molecule has 1 N–H and O–H groups in total. The van der Waals surface area contributed by atoms with Gasteiger partial charge in [-0.3, -0.25) is 0 Å². The second-order valence-electron chi connectivity index (χ2n) is 8.08. The van der Waals surface area contributed by atoms with Crippen LogP contribution in [0.4, 0.5) is 13.2 Å². The lowest BCUT2D eigenvalue weighted by molar-refractivity contribution is -0.136. The Labute approximate surface area is 188 Å². The van der Waals surface area contributed by atoms with E-state index in [-0.39, 0.29) is 28.9 Å². The van der Waals surface area contributed by atoms with Crippen LogP contribution >= 0.6 is 0 Å². The monoisotopic (exact) mass is 481 g/mol. The lowest BCUT2D eigenvalue weighted by Gasteiger charge is -2.33. The Morgan fingerprint density at radius 1 is 1.03 bits per heavy atom. The first-order valence-electron chi connectivity index (χ1n) is 10.5. The summed E-state index contributed by atoms with van der Waals surface area (Å²) >= 11 is 0. The van der Waals surface area contributed by atoms with E-state index in [1.807, 2.05) is 0 Å². The number of rotatable bonds is 5. The largest absolute Gasteiger partial charge is 0.423 e. The van der Waals surface area contributed by atoms with E-state index in [9.17, 15) is 31.5 Å². The fraction of sp³-hybridized carbons (Fsp3) is 0.348. The fourth-order valence-electron chi connectivity index (χ4n) is 4.18. The predicted octanol–water partition coefficient (Wildman–Crippen LogP) is 3.94. The van der Waals surface area contributed by atoms with Gasteiger partial charge in [0, 0.05) is 24.0 Å². The van der Waals surface area contributed by atoms with Crippen molar-refractivity contribution < 1.29 is 31.1 Å². The maximum Gasteiger partial charge on any atom is 0.417 e. The van der Waals surface area contributed by atoms with Gasteiger partial charge in [-0.25, -0.2) is 13.2 Å². The van der Waals surface area contributed by atoms with Gasteiger partial charge in [0.05, 0.1) is 17.1 Å². The van der Waals surface area contributed by atoms with Crippen molar-refractivity contribution >= 4 is 21.0 Å². The van der Waals surface area contributed by atoms with Gasteiger partial charge in [0.2, 0.25) is 10.0 Å². The molecule has 1 unspecified atom stereocenters. The molecule has 33 heavy (non-hydrogen) atoms. The van der Waals surface area contributed by atoms with E-state index in [4.69, 9.17) is 4.42 Å². The highest BCUT2D eigenvalue weighted by molar-refractivity contribution is 7.89. The van der Waals surface area contributed by atoms with Crippen LogP contribution in [-0.4, -0.2) is 37.0 Å². The van der Waals surface area contributed by atoms with Crippen molar-refractivity contribution in [2.75, 3.05) is 13.2 Å². The molecule has 1 atom stereocenters. The molecule has 2 heterocycles. The molecule has 10 heteroatoms. The Morgan fingerprint density at radius 2 is 1.73 bits per heavy atom. The van der Waals surface area contributed by atoms with Crippen molar-refractivity contribution in [2.24, 2.45) is 0 Å². The average molecular weight is 481 g/mol. The highest BCUT2D eigenvalue weighted by Crippen LogP contribution is 2.34. The number of nitrogens with zero attached hydrogens (tertiary/aromatic N) is 1. The van der Waals surface area contributed by atoms with Crippen molar-refractivity contribution in [3.63, 3.8) is 0 Å². The molecule has 0 bridgehead atoms. The first kappa shape index (κ1) is 23.5. The van der Waals surface area contributed by atoms with E-state index in [1.54, 1.807) is 18.2 Å². The van der Waals surface area contributed by atoms with E-state index < -0.39 is 33.4 Å². The van der Waals surface area contributed by atoms with Crippen LogP contribution in [0, 0.1) is 0 Å². The zero-order valence-corrected chi connectivity index (χ0v) is 18.3. The minimum atomic E-state index is -4.70. The molecular formula is C23H22F3NO5S. The number of halogens is 3. The minimum Gasteiger partial charge on any atom is -0.423 e. The normalized spacial score (nSPS) is 18.0. The standard InChI is InChI=1S/C23H22F3NO5S/c24-23(25,26)20-13-22(29)32-21-9-6-16(12-19(20)21)11-15-4-7-18(8-5-15)33(30,31)27-10-2-1-3-17(27)14-28/h4-9,12-13,17,28H,1-3,10-11,14H2.